The maximum atomic E-state index is 11.5. The molecule has 0 spiro atoms. The Bertz CT molecular complexity index is 1330. The Hall–Kier alpha value is -2.82. The molecule has 0 fully saturated rings. The largest absolute Gasteiger partial charge is 0.316 e. The van der Waals surface area contributed by atoms with Gasteiger partial charge in [0.25, 0.3) is 0 Å². The molecular weight excluding hydrogens is 428 g/mol. The van der Waals surface area contributed by atoms with Crippen LogP contribution < -0.4 is 10.0 Å². The third-order valence-electron chi connectivity index (χ3n) is 3.98. The van der Waals surface area contributed by atoms with Crippen LogP contribution in [0.2, 0.25) is 0 Å². The lowest BCUT2D eigenvalue weighted by atomic mass is 10.1. The van der Waals surface area contributed by atoms with E-state index in [1.165, 1.54) is 29.6 Å². The summed E-state index contributed by atoms with van der Waals surface area (Å²) in [5.41, 5.74) is 3.01. The van der Waals surface area contributed by atoms with Gasteiger partial charge in [0.15, 0.2) is 5.78 Å². The number of nitrogens with zero attached hydrogens (tertiary/aromatic N) is 2. The van der Waals surface area contributed by atoms with Crippen LogP contribution in [0, 0.1) is 0 Å². The number of sulfonamides is 1. The van der Waals surface area contributed by atoms with Crippen molar-refractivity contribution in [3.8, 4) is 11.1 Å². The predicted octanol–water partition coefficient (Wildman–Crippen LogP) is 4.74. The van der Waals surface area contributed by atoms with Crippen molar-refractivity contribution in [3.05, 3.63) is 52.9 Å². The fourth-order valence-corrected chi connectivity index (χ4v) is 4.99. The third-order valence-corrected chi connectivity index (χ3v) is 6.59. The van der Waals surface area contributed by atoms with Crippen LogP contribution in [-0.2, 0) is 10.0 Å². The zero-order valence-corrected chi connectivity index (χ0v) is 17.9. The van der Waals surface area contributed by atoms with E-state index < -0.39 is 10.0 Å². The van der Waals surface area contributed by atoms with Gasteiger partial charge in [0.2, 0.25) is 16.0 Å². The molecular formula is C19H16N4O3S3. The number of benzene rings is 1. The first kappa shape index (κ1) is 19.5. The molecule has 0 atom stereocenters. The van der Waals surface area contributed by atoms with E-state index in [0.29, 0.717) is 16.5 Å². The molecule has 0 bridgehead atoms. The van der Waals surface area contributed by atoms with Crippen molar-refractivity contribution >= 4 is 65.3 Å². The summed E-state index contributed by atoms with van der Waals surface area (Å²) in [6.07, 6.45) is 2.86. The number of aromatic nitrogens is 2. The number of hydrogen-bond acceptors (Lipinski definition) is 8. The average molecular weight is 445 g/mol. The Morgan fingerprint density at radius 2 is 2.00 bits per heavy atom. The van der Waals surface area contributed by atoms with Crippen LogP contribution in [0.1, 0.15) is 16.6 Å². The fraction of sp³-hybridized carbons (Fsp3) is 0.105. The molecule has 1 aromatic carbocycles. The molecule has 7 nitrogen and oxygen atoms in total. The zero-order valence-electron chi connectivity index (χ0n) is 15.5. The second-order valence-corrected chi connectivity index (χ2v) is 10.1. The molecule has 4 rings (SSSR count). The van der Waals surface area contributed by atoms with Gasteiger partial charge in [-0.05, 0) is 36.8 Å². The molecule has 148 valence electrons. The summed E-state index contributed by atoms with van der Waals surface area (Å²) in [6, 6.07) is 10.8. The van der Waals surface area contributed by atoms with Gasteiger partial charge < -0.3 is 5.32 Å². The van der Waals surface area contributed by atoms with E-state index in [1.807, 2.05) is 17.5 Å². The van der Waals surface area contributed by atoms with Crippen molar-refractivity contribution in [1.82, 2.24) is 9.97 Å². The first-order valence-corrected chi connectivity index (χ1v) is 12.1. The number of Topliss-reactive ketones (excluding diaryl/α,β-unsaturated/α-hetero) is 1. The maximum Gasteiger partial charge on any atom is 0.229 e. The van der Waals surface area contributed by atoms with Crippen LogP contribution in [0.15, 0.2) is 48.0 Å². The smallest absolute Gasteiger partial charge is 0.229 e. The van der Waals surface area contributed by atoms with Gasteiger partial charge in [-0.15, -0.1) is 22.7 Å². The highest BCUT2D eigenvalue weighted by Crippen LogP contribution is 2.34. The number of thiophene rings is 2. The van der Waals surface area contributed by atoms with E-state index in [4.69, 9.17) is 0 Å². The van der Waals surface area contributed by atoms with Gasteiger partial charge in [0.05, 0.1) is 32.5 Å². The quantitative estimate of drug-likeness (QED) is 0.417. The monoisotopic (exact) mass is 444 g/mol. The second-order valence-electron chi connectivity index (χ2n) is 6.36. The molecule has 0 aliphatic carbocycles. The molecule has 4 aromatic rings. The third kappa shape index (κ3) is 4.44. The number of ketones is 1. The van der Waals surface area contributed by atoms with E-state index in [9.17, 15) is 13.2 Å². The molecule has 29 heavy (non-hydrogen) atoms. The lowest BCUT2D eigenvalue weighted by molar-refractivity contribution is 0.102. The van der Waals surface area contributed by atoms with Crippen molar-refractivity contribution < 1.29 is 13.2 Å². The average Bonchev–Trinajstić information content (AvgIpc) is 3.27. The summed E-state index contributed by atoms with van der Waals surface area (Å²) in [5.74, 6) is 0.446. The van der Waals surface area contributed by atoms with Gasteiger partial charge >= 0.3 is 0 Å². The molecule has 0 unspecified atom stereocenters. The Labute approximate surface area is 175 Å². The summed E-state index contributed by atoms with van der Waals surface area (Å²) < 4.78 is 26.4. The molecule has 0 saturated heterocycles. The number of fused-ring (bicyclic) bond motifs is 1. The molecule has 3 aromatic heterocycles. The molecule has 0 radical (unpaired) electrons. The molecule has 0 saturated carbocycles. The zero-order chi connectivity index (χ0) is 20.6. The normalized spacial score (nSPS) is 11.5. The van der Waals surface area contributed by atoms with E-state index in [-0.39, 0.29) is 5.78 Å². The predicted molar refractivity (Wildman–Crippen MR) is 119 cm³/mol. The molecule has 0 aliphatic rings. The summed E-state index contributed by atoms with van der Waals surface area (Å²) in [6.45, 7) is 1.53. The van der Waals surface area contributed by atoms with E-state index in [0.717, 1.165) is 32.6 Å². The lowest BCUT2D eigenvalue weighted by Gasteiger charge is -2.07. The summed E-state index contributed by atoms with van der Waals surface area (Å²) in [7, 11) is -3.36. The summed E-state index contributed by atoms with van der Waals surface area (Å²) >= 11 is 2.87. The number of carbonyl (C=O) groups is 1. The number of carbonyl (C=O) groups excluding carboxylic acids is 1. The van der Waals surface area contributed by atoms with Crippen LogP contribution in [0.3, 0.4) is 0 Å². The number of anilines is 3. The fourth-order valence-electron chi connectivity index (χ4n) is 2.76. The Kier molecular flexibility index (Phi) is 5.07. The van der Waals surface area contributed by atoms with Crippen molar-refractivity contribution in [2.45, 2.75) is 6.92 Å². The van der Waals surface area contributed by atoms with E-state index in [2.05, 4.69) is 20.0 Å². The molecule has 3 heterocycles. The topological polar surface area (TPSA) is 101 Å². The highest BCUT2D eigenvalue weighted by atomic mass is 32.2. The van der Waals surface area contributed by atoms with Crippen LogP contribution in [-0.4, -0.2) is 30.4 Å². The number of nitrogens with one attached hydrogen (secondary N) is 2. The molecule has 0 amide bonds. The van der Waals surface area contributed by atoms with Gasteiger partial charge in [-0.25, -0.2) is 18.4 Å². The molecule has 10 heteroatoms. The van der Waals surface area contributed by atoms with Crippen LogP contribution in [0.5, 0.6) is 0 Å². The first-order chi connectivity index (χ1) is 13.8. The van der Waals surface area contributed by atoms with Crippen LogP contribution in [0.25, 0.3) is 21.3 Å². The molecule has 0 aliphatic heterocycles. The van der Waals surface area contributed by atoms with E-state index in [1.54, 1.807) is 30.5 Å². The van der Waals surface area contributed by atoms with Crippen molar-refractivity contribution in [2.75, 3.05) is 16.3 Å². The van der Waals surface area contributed by atoms with Gasteiger partial charge in [-0.3, -0.25) is 9.52 Å². The van der Waals surface area contributed by atoms with Gasteiger partial charge in [0.1, 0.15) is 0 Å². The highest BCUT2D eigenvalue weighted by Gasteiger charge is 2.12. The second kappa shape index (κ2) is 7.54. The standard InChI is InChI=1S/C19H16N4O3S3/c1-11(24)15-6-7-17(28-15)21-19-20-9-16-18(22-19)14(10-27-16)12-4-3-5-13(8-12)23-29(2,25)26/h3-10,23H,1-2H3,(H,20,21,22). The van der Waals surface area contributed by atoms with Crippen molar-refractivity contribution in [3.63, 3.8) is 0 Å². The summed E-state index contributed by atoms with van der Waals surface area (Å²) in [4.78, 5) is 21.1. The van der Waals surface area contributed by atoms with Gasteiger partial charge in [-0.1, -0.05) is 12.1 Å². The number of rotatable bonds is 6. The lowest BCUT2D eigenvalue weighted by Crippen LogP contribution is -2.09. The van der Waals surface area contributed by atoms with E-state index >= 15 is 0 Å². The summed E-state index contributed by atoms with van der Waals surface area (Å²) in [5, 5.41) is 5.90. The maximum absolute atomic E-state index is 11.5. The van der Waals surface area contributed by atoms with Crippen LogP contribution in [0.4, 0.5) is 16.6 Å². The highest BCUT2D eigenvalue weighted by molar-refractivity contribution is 7.92. The Morgan fingerprint density at radius 1 is 1.17 bits per heavy atom. The SMILES string of the molecule is CC(=O)c1ccc(Nc2ncc3scc(-c4cccc(NS(C)(=O)=O)c4)c3n2)s1. The minimum Gasteiger partial charge on any atom is -0.316 e. The number of hydrogen-bond donors (Lipinski definition) is 2. The Morgan fingerprint density at radius 3 is 2.72 bits per heavy atom. The Balaban J connectivity index is 1.68. The van der Waals surface area contributed by atoms with Crippen molar-refractivity contribution in [2.24, 2.45) is 0 Å². The minimum atomic E-state index is -3.36. The molecule has 2 N–H and O–H groups in total. The first-order valence-electron chi connectivity index (χ1n) is 8.49. The van der Waals surface area contributed by atoms with Crippen LogP contribution >= 0.6 is 22.7 Å². The minimum absolute atomic E-state index is 0.0159. The van der Waals surface area contributed by atoms with Gasteiger partial charge in [0, 0.05) is 16.6 Å². The van der Waals surface area contributed by atoms with Crippen molar-refractivity contribution in [1.29, 1.82) is 0 Å². The van der Waals surface area contributed by atoms with Gasteiger partial charge in [-0.2, -0.15) is 0 Å².